The van der Waals surface area contributed by atoms with Crippen molar-refractivity contribution in [2.24, 2.45) is 0 Å². The Morgan fingerprint density at radius 2 is 1.88 bits per heavy atom. The van der Waals surface area contributed by atoms with E-state index in [9.17, 15) is 14.0 Å². The molecule has 1 aliphatic heterocycles. The molecule has 0 spiro atoms. The molecule has 0 unspecified atom stereocenters. The van der Waals surface area contributed by atoms with Crippen LogP contribution in [0.2, 0.25) is 5.02 Å². The third-order valence-corrected chi connectivity index (χ3v) is 4.67. The van der Waals surface area contributed by atoms with Crippen molar-refractivity contribution >= 4 is 23.4 Å². The molecule has 2 aromatic carbocycles. The maximum Gasteiger partial charge on any atom is 0.256 e. The Morgan fingerprint density at radius 1 is 1.16 bits per heavy atom. The molecule has 1 aliphatic rings. The van der Waals surface area contributed by atoms with Gasteiger partial charge in [-0.15, -0.1) is 0 Å². The first-order valence-electron chi connectivity index (χ1n) is 8.08. The lowest BCUT2D eigenvalue weighted by atomic mass is 9.99. The molecule has 4 nitrogen and oxygen atoms in total. The lowest BCUT2D eigenvalue weighted by molar-refractivity contribution is -0.133. The molecule has 0 radical (unpaired) electrons. The van der Waals surface area contributed by atoms with Crippen LogP contribution in [-0.2, 0) is 17.8 Å². The Labute approximate surface area is 150 Å². The first kappa shape index (κ1) is 17.4. The van der Waals surface area contributed by atoms with Gasteiger partial charge in [0.1, 0.15) is 11.9 Å². The van der Waals surface area contributed by atoms with Crippen LogP contribution < -0.4 is 5.32 Å². The van der Waals surface area contributed by atoms with Gasteiger partial charge < -0.3 is 10.2 Å². The Balaban J connectivity index is 1.68. The van der Waals surface area contributed by atoms with Gasteiger partial charge in [0, 0.05) is 13.1 Å². The average molecular weight is 361 g/mol. The second kappa shape index (κ2) is 7.23. The fraction of sp³-hybridized carbons (Fsp3) is 0.263. The number of hydrogen-bond acceptors (Lipinski definition) is 2. The smallest absolute Gasteiger partial charge is 0.256 e. The molecule has 6 heteroatoms. The van der Waals surface area contributed by atoms with Crippen molar-refractivity contribution in [2.75, 3.05) is 6.54 Å². The van der Waals surface area contributed by atoms with Crippen molar-refractivity contribution in [1.29, 1.82) is 0 Å². The summed E-state index contributed by atoms with van der Waals surface area (Å²) in [6.45, 7) is 2.70. The molecule has 2 aromatic rings. The highest BCUT2D eigenvalue weighted by molar-refractivity contribution is 6.33. The number of fused-ring (bicyclic) bond motifs is 1. The van der Waals surface area contributed by atoms with Crippen molar-refractivity contribution < 1.29 is 14.0 Å². The second-order valence-corrected chi connectivity index (χ2v) is 6.48. The lowest BCUT2D eigenvalue weighted by Crippen LogP contribution is -2.48. The zero-order chi connectivity index (χ0) is 18.0. The standard InChI is InChI=1S/C19H18ClFN2O2/c1-12(22-18(24)17-15(20)7-4-8-16(17)21)19(25)23-10-9-13-5-2-3-6-14(13)11-23/h2-8,12H,9-11H2,1H3,(H,22,24)/t12-/m0/s1. The van der Waals surface area contributed by atoms with Gasteiger partial charge in [-0.1, -0.05) is 41.9 Å². The minimum atomic E-state index is -0.770. The van der Waals surface area contributed by atoms with Crippen molar-refractivity contribution in [3.05, 3.63) is 70.0 Å². The molecular formula is C19H18ClFN2O2. The number of carbonyl (C=O) groups is 2. The van der Waals surface area contributed by atoms with E-state index in [1.54, 1.807) is 11.8 Å². The molecule has 1 atom stereocenters. The molecular weight excluding hydrogens is 343 g/mol. The highest BCUT2D eigenvalue weighted by atomic mass is 35.5. The normalized spacial score (nSPS) is 14.6. The van der Waals surface area contributed by atoms with E-state index in [2.05, 4.69) is 11.4 Å². The van der Waals surface area contributed by atoms with Gasteiger partial charge in [0.25, 0.3) is 5.91 Å². The maximum atomic E-state index is 13.8. The van der Waals surface area contributed by atoms with Crippen LogP contribution in [0, 0.1) is 5.82 Å². The van der Waals surface area contributed by atoms with Gasteiger partial charge in [0.15, 0.2) is 0 Å². The fourth-order valence-electron chi connectivity index (χ4n) is 3.00. The molecule has 0 aliphatic carbocycles. The molecule has 1 heterocycles. The number of nitrogens with zero attached hydrogens (tertiary/aromatic N) is 1. The number of carbonyl (C=O) groups excluding carboxylic acids is 2. The molecule has 0 aromatic heterocycles. The highest BCUT2D eigenvalue weighted by Crippen LogP contribution is 2.20. The number of benzene rings is 2. The van der Waals surface area contributed by atoms with Gasteiger partial charge in [-0.2, -0.15) is 0 Å². The molecule has 130 valence electrons. The Bertz CT molecular complexity index is 805. The molecule has 0 bridgehead atoms. The lowest BCUT2D eigenvalue weighted by Gasteiger charge is -2.31. The van der Waals surface area contributed by atoms with Crippen LogP contribution >= 0.6 is 11.6 Å². The van der Waals surface area contributed by atoms with E-state index < -0.39 is 17.8 Å². The van der Waals surface area contributed by atoms with E-state index in [-0.39, 0.29) is 16.5 Å². The van der Waals surface area contributed by atoms with Gasteiger partial charge >= 0.3 is 0 Å². The van der Waals surface area contributed by atoms with Crippen molar-refractivity contribution in [3.63, 3.8) is 0 Å². The minimum absolute atomic E-state index is 0.0176. The predicted octanol–water partition coefficient (Wildman–Crippen LogP) is 3.18. The van der Waals surface area contributed by atoms with Crippen LogP contribution in [0.1, 0.15) is 28.4 Å². The predicted molar refractivity (Wildman–Crippen MR) is 93.9 cm³/mol. The summed E-state index contributed by atoms with van der Waals surface area (Å²) in [7, 11) is 0. The average Bonchev–Trinajstić information content (AvgIpc) is 2.60. The summed E-state index contributed by atoms with van der Waals surface area (Å²) in [4.78, 5) is 26.6. The molecule has 25 heavy (non-hydrogen) atoms. The first-order chi connectivity index (χ1) is 12.0. The molecule has 1 N–H and O–H groups in total. The largest absolute Gasteiger partial charge is 0.340 e. The van der Waals surface area contributed by atoms with Crippen LogP contribution in [0.15, 0.2) is 42.5 Å². The van der Waals surface area contributed by atoms with E-state index in [1.807, 2.05) is 18.2 Å². The van der Waals surface area contributed by atoms with Crippen LogP contribution in [0.5, 0.6) is 0 Å². The summed E-state index contributed by atoms with van der Waals surface area (Å²) in [5, 5.41) is 2.56. The van der Waals surface area contributed by atoms with E-state index >= 15 is 0 Å². The zero-order valence-corrected chi connectivity index (χ0v) is 14.5. The van der Waals surface area contributed by atoms with E-state index in [4.69, 9.17) is 11.6 Å². The third kappa shape index (κ3) is 3.66. The zero-order valence-electron chi connectivity index (χ0n) is 13.8. The number of amides is 2. The van der Waals surface area contributed by atoms with Gasteiger partial charge in [0.2, 0.25) is 5.91 Å². The summed E-state index contributed by atoms with van der Waals surface area (Å²) < 4.78 is 13.8. The van der Waals surface area contributed by atoms with Gasteiger partial charge in [0.05, 0.1) is 10.6 Å². The Hall–Kier alpha value is -2.40. The van der Waals surface area contributed by atoms with Crippen LogP contribution in [0.3, 0.4) is 0 Å². The molecule has 0 fully saturated rings. The van der Waals surface area contributed by atoms with Crippen LogP contribution in [0.4, 0.5) is 4.39 Å². The number of halogens is 2. The Morgan fingerprint density at radius 3 is 2.60 bits per heavy atom. The number of hydrogen-bond donors (Lipinski definition) is 1. The second-order valence-electron chi connectivity index (χ2n) is 6.07. The van der Waals surface area contributed by atoms with E-state index in [1.165, 1.54) is 17.7 Å². The SMILES string of the molecule is C[C@H](NC(=O)c1c(F)cccc1Cl)C(=O)N1CCc2ccccc2C1. The van der Waals surface area contributed by atoms with E-state index in [0.717, 1.165) is 18.1 Å². The van der Waals surface area contributed by atoms with Gasteiger partial charge in [-0.05, 0) is 36.6 Å². The molecule has 3 rings (SSSR count). The number of rotatable bonds is 3. The molecule has 2 amide bonds. The summed E-state index contributed by atoms with van der Waals surface area (Å²) in [6, 6.07) is 11.2. The summed E-state index contributed by atoms with van der Waals surface area (Å²) in [6.07, 6.45) is 0.779. The third-order valence-electron chi connectivity index (χ3n) is 4.35. The van der Waals surface area contributed by atoms with Gasteiger partial charge in [-0.3, -0.25) is 9.59 Å². The fourth-order valence-corrected chi connectivity index (χ4v) is 3.25. The van der Waals surface area contributed by atoms with Crippen LogP contribution in [0.25, 0.3) is 0 Å². The maximum absolute atomic E-state index is 13.8. The summed E-state index contributed by atoms with van der Waals surface area (Å²) in [5.74, 6) is -1.60. The first-order valence-corrected chi connectivity index (χ1v) is 8.45. The quantitative estimate of drug-likeness (QED) is 0.914. The summed E-state index contributed by atoms with van der Waals surface area (Å²) in [5.41, 5.74) is 2.10. The minimum Gasteiger partial charge on any atom is -0.340 e. The molecule has 0 saturated heterocycles. The van der Waals surface area contributed by atoms with Gasteiger partial charge in [-0.25, -0.2) is 4.39 Å². The monoisotopic (exact) mass is 360 g/mol. The summed E-state index contributed by atoms with van der Waals surface area (Å²) >= 11 is 5.90. The van der Waals surface area contributed by atoms with Crippen molar-refractivity contribution in [2.45, 2.75) is 25.9 Å². The molecule has 0 saturated carbocycles. The van der Waals surface area contributed by atoms with Crippen molar-refractivity contribution in [1.82, 2.24) is 10.2 Å². The Kier molecular flexibility index (Phi) is 5.04. The highest BCUT2D eigenvalue weighted by Gasteiger charge is 2.27. The topological polar surface area (TPSA) is 49.4 Å². The van der Waals surface area contributed by atoms with Crippen molar-refractivity contribution in [3.8, 4) is 0 Å². The van der Waals surface area contributed by atoms with E-state index in [0.29, 0.717) is 13.1 Å². The van der Waals surface area contributed by atoms with Crippen LogP contribution in [-0.4, -0.2) is 29.3 Å². The number of nitrogens with one attached hydrogen (secondary N) is 1.